The van der Waals surface area contributed by atoms with Crippen LogP contribution in [0.25, 0.3) is 0 Å². The van der Waals surface area contributed by atoms with E-state index in [0.29, 0.717) is 19.8 Å². The van der Waals surface area contributed by atoms with E-state index in [1.807, 2.05) is 18.2 Å². The van der Waals surface area contributed by atoms with Gasteiger partial charge in [-0.15, -0.1) is 0 Å². The Kier molecular flexibility index (Phi) is 5.16. The maximum absolute atomic E-state index is 10.1. The molecule has 18 heavy (non-hydrogen) atoms. The Morgan fingerprint density at radius 2 is 2.11 bits per heavy atom. The third kappa shape index (κ3) is 3.54. The number of thioether (sulfide) groups is 1. The molecule has 100 valence electrons. The van der Waals surface area contributed by atoms with Gasteiger partial charge in [0.25, 0.3) is 0 Å². The molecular weight excluding hydrogens is 250 g/mol. The van der Waals surface area contributed by atoms with Crippen molar-refractivity contribution in [2.75, 3.05) is 38.3 Å². The quantitative estimate of drug-likeness (QED) is 0.765. The predicted octanol–water partition coefficient (Wildman–Crippen LogP) is 1.44. The molecule has 1 aromatic rings. The third-order valence-corrected chi connectivity index (χ3v) is 3.38. The molecule has 1 atom stereocenters. The minimum absolute atomic E-state index is 0.511. The Morgan fingerprint density at radius 3 is 2.89 bits per heavy atom. The minimum Gasteiger partial charge on any atom is -0.486 e. The molecule has 0 fully saturated rings. The second-order valence-electron chi connectivity index (χ2n) is 4.12. The average molecular weight is 269 g/mol. The van der Waals surface area contributed by atoms with Gasteiger partial charge in [0.15, 0.2) is 11.5 Å². The van der Waals surface area contributed by atoms with Crippen LogP contribution in [0.1, 0.15) is 11.7 Å². The molecule has 0 saturated carbocycles. The van der Waals surface area contributed by atoms with Crippen LogP contribution in [0.5, 0.6) is 11.5 Å². The second-order valence-corrected chi connectivity index (χ2v) is 5.10. The molecule has 0 aliphatic carbocycles. The third-order valence-electron chi connectivity index (χ3n) is 2.77. The van der Waals surface area contributed by atoms with Crippen molar-refractivity contribution >= 4 is 11.8 Å². The van der Waals surface area contributed by atoms with Gasteiger partial charge in [-0.1, -0.05) is 6.07 Å². The molecule has 0 aromatic heterocycles. The van der Waals surface area contributed by atoms with Crippen LogP contribution >= 0.6 is 11.8 Å². The van der Waals surface area contributed by atoms with Gasteiger partial charge in [0.2, 0.25) is 0 Å². The summed E-state index contributed by atoms with van der Waals surface area (Å²) >= 11 is 1.79. The number of nitrogens with one attached hydrogen (secondary N) is 1. The predicted molar refractivity (Wildman–Crippen MR) is 73.6 cm³/mol. The van der Waals surface area contributed by atoms with Crippen LogP contribution in [0.2, 0.25) is 0 Å². The van der Waals surface area contributed by atoms with Gasteiger partial charge in [-0.25, -0.2) is 0 Å². The number of hydrogen-bond donors (Lipinski definition) is 2. The lowest BCUT2D eigenvalue weighted by Gasteiger charge is -2.20. The van der Waals surface area contributed by atoms with Crippen LogP contribution in [0.4, 0.5) is 0 Å². The number of rotatable bonds is 6. The Balaban J connectivity index is 1.91. The van der Waals surface area contributed by atoms with Crippen molar-refractivity contribution in [1.82, 2.24) is 5.32 Å². The highest BCUT2D eigenvalue weighted by atomic mass is 32.2. The van der Waals surface area contributed by atoms with Gasteiger partial charge in [-0.2, -0.15) is 11.8 Å². The van der Waals surface area contributed by atoms with Crippen molar-refractivity contribution in [3.63, 3.8) is 0 Å². The highest BCUT2D eigenvalue weighted by Crippen LogP contribution is 2.32. The number of fused-ring (bicyclic) bond motifs is 1. The van der Waals surface area contributed by atoms with Crippen molar-refractivity contribution in [3.05, 3.63) is 23.8 Å². The smallest absolute Gasteiger partial charge is 0.161 e. The highest BCUT2D eigenvalue weighted by molar-refractivity contribution is 7.98. The summed E-state index contributed by atoms with van der Waals surface area (Å²) in [4.78, 5) is 0. The monoisotopic (exact) mass is 269 g/mol. The van der Waals surface area contributed by atoms with Crippen LogP contribution in [-0.2, 0) is 0 Å². The maximum Gasteiger partial charge on any atom is 0.161 e. The van der Waals surface area contributed by atoms with E-state index in [0.717, 1.165) is 29.4 Å². The van der Waals surface area contributed by atoms with E-state index in [1.54, 1.807) is 11.8 Å². The zero-order valence-electron chi connectivity index (χ0n) is 10.5. The summed E-state index contributed by atoms with van der Waals surface area (Å²) in [6.07, 6.45) is 1.56. The summed E-state index contributed by atoms with van der Waals surface area (Å²) < 4.78 is 10.9. The summed E-state index contributed by atoms with van der Waals surface area (Å²) in [7, 11) is 0. The van der Waals surface area contributed by atoms with Gasteiger partial charge in [-0.05, 0) is 24.0 Å². The van der Waals surface area contributed by atoms with E-state index in [4.69, 9.17) is 9.47 Å². The highest BCUT2D eigenvalue weighted by Gasteiger charge is 2.14. The summed E-state index contributed by atoms with van der Waals surface area (Å²) in [5, 5.41) is 13.3. The molecule has 0 bridgehead atoms. The molecule has 0 radical (unpaired) electrons. The standard InChI is InChI=1S/C13H19NO3S/c1-18-7-4-14-9-11(15)10-2-3-12-13(8-10)17-6-5-16-12/h2-3,8,11,14-15H,4-7,9H2,1H3. The van der Waals surface area contributed by atoms with E-state index < -0.39 is 6.10 Å². The Morgan fingerprint density at radius 1 is 1.33 bits per heavy atom. The van der Waals surface area contributed by atoms with Crippen LogP contribution in [0, 0.1) is 0 Å². The lowest BCUT2D eigenvalue weighted by Crippen LogP contribution is -2.24. The molecular formula is C13H19NO3S. The minimum atomic E-state index is -0.511. The molecule has 0 amide bonds. The normalized spacial score (nSPS) is 15.4. The van der Waals surface area contributed by atoms with E-state index >= 15 is 0 Å². The lowest BCUT2D eigenvalue weighted by molar-refractivity contribution is 0.163. The fourth-order valence-corrected chi connectivity index (χ4v) is 2.15. The fourth-order valence-electron chi connectivity index (χ4n) is 1.80. The number of aliphatic hydroxyl groups is 1. The SMILES string of the molecule is CSCCNCC(O)c1ccc2c(c1)OCCO2. The van der Waals surface area contributed by atoms with E-state index in [-0.39, 0.29) is 0 Å². The Hall–Kier alpha value is -0.910. The zero-order chi connectivity index (χ0) is 12.8. The molecule has 0 spiro atoms. The number of aliphatic hydroxyl groups excluding tert-OH is 1. The zero-order valence-corrected chi connectivity index (χ0v) is 11.3. The number of ether oxygens (including phenoxy) is 2. The van der Waals surface area contributed by atoms with Gasteiger partial charge in [-0.3, -0.25) is 0 Å². The summed E-state index contributed by atoms with van der Waals surface area (Å²) in [5.41, 5.74) is 0.857. The topological polar surface area (TPSA) is 50.7 Å². The van der Waals surface area contributed by atoms with Crippen LogP contribution in [0.3, 0.4) is 0 Å². The first-order valence-corrected chi connectivity index (χ1v) is 7.48. The molecule has 1 aliphatic heterocycles. The van der Waals surface area contributed by atoms with E-state index in [9.17, 15) is 5.11 Å². The maximum atomic E-state index is 10.1. The molecule has 1 aliphatic rings. The molecule has 0 saturated heterocycles. The van der Waals surface area contributed by atoms with Crippen LogP contribution in [-0.4, -0.2) is 43.4 Å². The summed E-state index contributed by atoms with van der Waals surface area (Å²) in [6, 6.07) is 5.60. The fraction of sp³-hybridized carbons (Fsp3) is 0.538. The first-order valence-electron chi connectivity index (χ1n) is 6.08. The van der Waals surface area contributed by atoms with Crippen LogP contribution in [0.15, 0.2) is 18.2 Å². The number of hydrogen-bond acceptors (Lipinski definition) is 5. The number of benzene rings is 1. The first-order chi connectivity index (χ1) is 8.81. The van der Waals surface area contributed by atoms with Gasteiger partial charge >= 0.3 is 0 Å². The van der Waals surface area contributed by atoms with E-state index in [1.165, 1.54) is 0 Å². The molecule has 1 heterocycles. The van der Waals surface area contributed by atoms with Gasteiger partial charge in [0.1, 0.15) is 13.2 Å². The Labute approximate surface area is 112 Å². The molecule has 1 aromatic carbocycles. The van der Waals surface area contributed by atoms with Crippen molar-refractivity contribution in [3.8, 4) is 11.5 Å². The summed E-state index contributed by atoms with van der Waals surface area (Å²) in [5.74, 6) is 2.53. The molecule has 1 unspecified atom stereocenters. The van der Waals surface area contributed by atoms with Crippen LogP contribution < -0.4 is 14.8 Å². The van der Waals surface area contributed by atoms with Crippen molar-refractivity contribution < 1.29 is 14.6 Å². The van der Waals surface area contributed by atoms with Crippen molar-refractivity contribution in [2.45, 2.75) is 6.10 Å². The largest absolute Gasteiger partial charge is 0.486 e. The molecule has 2 N–H and O–H groups in total. The Bertz CT molecular complexity index is 386. The van der Waals surface area contributed by atoms with Gasteiger partial charge < -0.3 is 19.9 Å². The van der Waals surface area contributed by atoms with Gasteiger partial charge in [0.05, 0.1) is 6.10 Å². The van der Waals surface area contributed by atoms with Crippen molar-refractivity contribution in [2.24, 2.45) is 0 Å². The van der Waals surface area contributed by atoms with Gasteiger partial charge in [0, 0.05) is 18.8 Å². The second kappa shape index (κ2) is 6.87. The lowest BCUT2D eigenvalue weighted by atomic mass is 10.1. The average Bonchev–Trinajstić information content (AvgIpc) is 2.43. The molecule has 5 heteroatoms. The van der Waals surface area contributed by atoms with E-state index in [2.05, 4.69) is 11.6 Å². The van der Waals surface area contributed by atoms with Crippen molar-refractivity contribution in [1.29, 1.82) is 0 Å². The summed E-state index contributed by atoms with van der Waals surface area (Å²) in [6.45, 7) is 2.62. The molecule has 2 rings (SSSR count). The first kappa shape index (κ1) is 13.5. The molecule has 4 nitrogen and oxygen atoms in total.